The Kier molecular flexibility index (Phi) is 6.75. The van der Waals surface area contributed by atoms with Crippen LogP contribution in [-0.2, 0) is 14.3 Å². The zero-order chi connectivity index (χ0) is 24.1. The van der Waals surface area contributed by atoms with Crippen molar-refractivity contribution in [3.63, 3.8) is 0 Å². The molecule has 3 saturated carbocycles. The first kappa shape index (κ1) is 24.7. The van der Waals surface area contributed by atoms with E-state index < -0.39 is 0 Å². The summed E-state index contributed by atoms with van der Waals surface area (Å²) in [6, 6.07) is 0. The summed E-state index contributed by atoms with van der Waals surface area (Å²) in [5.41, 5.74) is 3.01. The van der Waals surface area contributed by atoms with Crippen LogP contribution in [-0.4, -0.2) is 17.9 Å². The van der Waals surface area contributed by atoms with Gasteiger partial charge in [-0.05, 0) is 97.9 Å². The van der Waals surface area contributed by atoms with Crippen LogP contribution in [0.1, 0.15) is 99.3 Å². The first-order chi connectivity index (χ1) is 15.5. The largest absolute Gasteiger partial charge is 0.462 e. The molecule has 0 aromatic heterocycles. The third-order valence-electron chi connectivity index (χ3n) is 10.7. The molecule has 4 aliphatic carbocycles. The van der Waals surface area contributed by atoms with E-state index in [0.29, 0.717) is 35.4 Å². The highest BCUT2D eigenvalue weighted by molar-refractivity contribution is 5.94. The topological polar surface area (TPSA) is 43.4 Å². The molecular formula is C30H46O3. The number of rotatable bonds is 6. The van der Waals surface area contributed by atoms with Gasteiger partial charge < -0.3 is 4.74 Å². The third kappa shape index (κ3) is 4.27. The van der Waals surface area contributed by atoms with Crippen LogP contribution < -0.4 is 0 Å². The summed E-state index contributed by atoms with van der Waals surface area (Å²) in [7, 11) is 0. The Morgan fingerprint density at radius 2 is 1.85 bits per heavy atom. The van der Waals surface area contributed by atoms with E-state index in [1.807, 2.05) is 6.08 Å². The average Bonchev–Trinajstić information content (AvgIpc) is 3.09. The molecule has 4 aliphatic rings. The van der Waals surface area contributed by atoms with Crippen molar-refractivity contribution in [1.82, 2.24) is 0 Å². The van der Waals surface area contributed by atoms with E-state index in [9.17, 15) is 9.59 Å². The minimum atomic E-state index is -0.208. The van der Waals surface area contributed by atoms with E-state index in [2.05, 4.69) is 41.2 Å². The number of carbonyl (C=O) groups is 2. The van der Waals surface area contributed by atoms with E-state index in [4.69, 9.17) is 4.74 Å². The molecule has 0 spiro atoms. The maximum absolute atomic E-state index is 13.6. The van der Waals surface area contributed by atoms with Gasteiger partial charge in [-0.1, -0.05) is 52.3 Å². The maximum atomic E-state index is 13.6. The number of hydrogen-bond acceptors (Lipinski definition) is 3. The molecule has 0 amide bonds. The molecule has 0 saturated heterocycles. The number of allylic oxidation sites excluding steroid dienone is 2. The lowest BCUT2D eigenvalue weighted by atomic mass is 9.46. The highest BCUT2D eigenvalue weighted by atomic mass is 16.5. The number of hydrogen-bond donors (Lipinski definition) is 0. The minimum absolute atomic E-state index is 0.0580. The molecule has 4 rings (SSSR count). The van der Waals surface area contributed by atoms with Crippen molar-refractivity contribution in [3.05, 3.63) is 23.8 Å². The lowest BCUT2D eigenvalue weighted by Crippen LogP contribution is -2.53. The Morgan fingerprint density at radius 1 is 1.12 bits per heavy atom. The number of carbonyl (C=O) groups excluding carboxylic acids is 2. The maximum Gasteiger partial charge on any atom is 0.302 e. The smallest absolute Gasteiger partial charge is 0.302 e. The van der Waals surface area contributed by atoms with E-state index in [-0.39, 0.29) is 28.8 Å². The molecule has 184 valence electrons. The van der Waals surface area contributed by atoms with Crippen LogP contribution in [0.4, 0.5) is 0 Å². The summed E-state index contributed by atoms with van der Waals surface area (Å²) in [6.07, 6.45) is 11.9. The first-order valence-corrected chi connectivity index (χ1v) is 13.6. The van der Waals surface area contributed by atoms with Crippen molar-refractivity contribution in [2.24, 2.45) is 46.3 Å². The molecule has 3 heteroatoms. The van der Waals surface area contributed by atoms with Crippen molar-refractivity contribution in [2.75, 3.05) is 0 Å². The van der Waals surface area contributed by atoms with Crippen LogP contribution in [0, 0.1) is 46.3 Å². The summed E-state index contributed by atoms with van der Waals surface area (Å²) in [6.45, 7) is 17.7. The lowest BCUT2D eigenvalue weighted by molar-refractivity contribution is -0.149. The van der Waals surface area contributed by atoms with Gasteiger partial charge in [-0.15, -0.1) is 0 Å². The Morgan fingerprint density at radius 3 is 2.52 bits per heavy atom. The van der Waals surface area contributed by atoms with Crippen molar-refractivity contribution in [2.45, 2.75) is 105 Å². The number of ether oxygens (including phenoxy) is 1. The molecule has 0 heterocycles. The van der Waals surface area contributed by atoms with Gasteiger partial charge in [0.1, 0.15) is 6.10 Å². The fourth-order valence-electron chi connectivity index (χ4n) is 8.58. The van der Waals surface area contributed by atoms with Gasteiger partial charge in [0, 0.05) is 19.3 Å². The van der Waals surface area contributed by atoms with Gasteiger partial charge in [-0.25, -0.2) is 0 Å². The van der Waals surface area contributed by atoms with Gasteiger partial charge in [0.25, 0.3) is 0 Å². The second-order valence-corrected chi connectivity index (χ2v) is 12.8. The van der Waals surface area contributed by atoms with E-state index in [0.717, 1.165) is 32.1 Å². The average molecular weight is 455 g/mol. The molecule has 0 radical (unpaired) electrons. The van der Waals surface area contributed by atoms with Crippen molar-refractivity contribution >= 4 is 11.8 Å². The normalized spacial score (nSPS) is 41.0. The van der Waals surface area contributed by atoms with Gasteiger partial charge in [-0.3, -0.25) is 9.59 Å². The molecule has 0 aromatic carbocycles. The van der Waals surface area contributed by atoms with Gasteiger partial charge >= 0.3 is 5.97 Å². The van der Waals surface area contributed by atoms with Crippen molar-refractivity contribution < 1.29 is 14.3 Å². The zero-order valence-electron chi connectivity index (χ0n) is 21.9. The van der Waals surface area contributed by atoms with Gasteiger partial charge in [0.05, 0.1) is 0 Å². The summed E-state index contributed by atoms with van der Waals surface area (Å²) < 4.78 is 5.54. The number of ketones is 1. The van der Waals surface area contributed by atoms with Crippen LogP contribution in [0.15, 0.2) is 23.8 Å². The quantitative estimate of drug-likeness (QED) is 0.312. The van der Waals surface area contributed by atoms with Gasteiger partial charge in [0.2, 0.25) is 0 Å². The summed E-state index contributed by atoms with van der Waals surface area (Å²) in [5, 5.41) is 0. The predicted molar refractivity (Wildman–Crippen MR) is 134 cm³/mol. The third-order valence-corrected chi connectivity index (χ3v) is 10.7. The zero-order valence-corrected chi connectivity index (χ0v) is 21.9. The van der Waals surface area contributed by atoms with E-state index in [1.165, 1.54) is 43.8 Å². The van der Waals surface area contributed by atoms with Gasteiger partial charge in [0.15, 0.2) is 5.78 Å². The standard InChI is InChI=1S/C30H46O3/c1-18(2)19(3)8-9-20(4)24-10-11-25-28-26(13-15-30(24,25)7)29(6)14-12-23(33-21(5)31)16-22(29)17-27(28)32/h17-18,20,23-26,28H,3,8-16H2,1-2,4-7H3/t20-,23?,24-,25?,26?,28?,29+,30-/m1/s1. The highest BCUT2D eigenvalue weighted by Gasteiger charge is 2.61. The van der Waals surface area contributed by atoms with Crippen LogP contribution in [0.25, 0.3) is 0 Å². The Labute approximate surface area is 201 Å². The molecule has 3 nitrogen and oxygen atoms in total. The predicted octanol–water partition coefficient (Wildman–Crippen LogP) is 7.30. The van der Waals surface area contributed by atoms with Crippen LogP contribution >= 0.6 is 0 Å². The van der Waals surface area contributed by atoms with Crippen LogP contribution in [0.5, 0.6) is 0 Å². The molecule has 4 unspecified atom stereocenters. The summed E-state index contributed by atoms with van der Waals surface area (Å²) >= 11 is 0. The molecule has 0 N–H and O–H groups in total. The fourth-order valence-corrected chi connectivity index (χ4v) is 8.58. The SMILES string of the molecule is C=C(CC[C@@H](C)[C@H]1CCC2C3C(=O)C=C4CC(OC(C)=O)CC[C@]4(C)C3CC[C@@]21C)C(C)C. The monoisotopic (exact) mass is 454 g/mol. The molecule has 0 bridgehead atoms. The number of fused-ring (bicyclic) bond motifs is 5. The molecule has 33 heavy (non-hydrogen) atoms. The Balaban J connectivity index is 1.52. The van der Waals surface area contributed by atoms with Crippen molar-refractivity contribution in [3.8, 4) is 0 Å². The molecule has 0 aliphatic heterocycles. The summed E-state index contributed by atoms with van der Waals surface area (Å²) in [4.78, 5) is 25.1. The van der Waals surface area contributed by atoms with E-state index >= 15 is 0 Å². The second kappa shape index (κ2) is 9.00. The highest BCUT2D eigenvalue weighted by Crippen LogP contribution is 2.66. The first-order valence-electron chi connectivity index (χ1n) is 13.6. The lowest BCUT2D eigenvalue weighted by Gasteiger charge is -2.57. The molecule has 3 fully saturated rings. The fraction of sp³-hybridized carbons (Fsp3) is 0.800. The van der Waals surface area contributed by atoms with Crippen molar-refractivity contribution in [1.29, 1.82) is 0 Å². The molecule has 0 aromatic rings. The van der Waals surface area contributed by atoms with Gasteiger partial charge in [-0.2, -0.15) is 0 Å². The molecular weight excluding hydrogens is 408 g/mol. The summed E-state index contributed by atoms with van der Waals surface area (Å²) in [5.74, 6) is 3.29. The number of esters is 1. The second-order valence-electron chi connectivity index (χ2n) is 12.8. The van der Waals surface area contributed by atoms with E-state index in [1.54, 1.807) is 0 Å². The Hall–Kier alpha value is -1.38. The Bertz CT molecular complexity index is 837. The van der Waals surface area contributed by atoms with Crippen LogP contribution in [0.3, 0.4) is 0 Å². The van der Waals surface area contributed by atoms with Crippen LogP contribution in [0.2, 0.25) is 0 Å². The minimum Gasteiger partial charge on any atom is -0.462 e. The molecule has 8 atom stereocenters.